The largest absolute Gasteiger partial charge is 0.302 e. The van der Waals surface area contributed by atoms with Gasteiger partial charge in [-0.05, 0) is 36.6 Å². The summed E-state index contributed by atoms with van der Waals surface area (Å²) >= 11 is 7.81. The highest BCUT2D eigenvalue weighted by atomic mass is 35.5. The lowest BCUT2D eigenvalue weighted by molar-refractivity contribution is -0.116. The van der Waals surface area contributed by atoms with Gasteiger partial charge in [-0.3, -0.25) is 14.2 Å². The van der Waals surface area contributed by atoms with E-state index in [2.05, 4.69) is 15.3 Å². The van der Waals surface area contributed by atoms with Gasteiger partial charge in [0.05, 0.1) is 17.2 Å². The van der Waals surface area contributed by atoms with Crippen molar-refractivity contribution in [1.82, 2.24) is 14.5 Å². The van der Waals surface area contributed by atoms with Crippen molar-refractivity contribution in [3.05, 3.63) is 86.4 Å². The van der Waals surface area contributed by atoms with Crippen LogP contribution in [-0.2, 0) is 17.8 Å². The van der Waals surface area contributed by atoms with E-state index >= 15 is 0 Å². The van der Waals surface area contributed by atoms with Crippen molar-refractivity contribution in [1.29, 1.82) is 0 Å². The maximum absolute atomic E-state index is 12.5. The Labute approximate surface area is 188 Å². The monoisotopic (exact) mass is 452 g/mol. The van der Waals surface area contributed by atoms with Crippen LogP contribution in [0.4, 0.5) is 5.13 Å². The first-order valence-electron chi connectivity index (χ1n) is 9.94. The number of nitrogens with zero attached hydrogens (tertiary/aromatic N) is 3. The number of anilines is 1. The number of para-hydroxylation sites is 1. The van der Waals surface area contributed by atoms with Gasteiger partial charge in [-0.2, -0.15) is 0 Å². The van der Waals surface area contributed by atoms with E-state index in [0.29, 0.717) is 35.4 Å². The summed E-state index contributed by atoms with van der Waals surface area (Å²) in [5, 5.41) is 4.75. The van der Waals surface area contributed by atoms with E-state index in [0.717, 1.165) is 21.0 Å². The van der Waals surface area contributed by atoms with Crippen molar-refractivity contribution >= 4 is 44.9 Å². The number of nitrogens with one attached hydrogen (secondary N) is 1. The Hall–Kier alpha value is -3.03. The lowest BCUT2D eigenvalue weighted by atomic mass is 10.1. The van der Waals surface area contributed by atoms with E-state index in [1.807, 2.05) is 43.3 Å². The topological polar surface area (TPSA) is 76.9 Å². The van der Waals surface area contributed by atoms with Crippen LogP contribution >= 0.6 is 22.9 Å². The molecule has 4 aromatic rings. The number of aromatic nitrogens is 3. The number of halogens is 1. The third-order valence-corrected chi connectivity index (χ3v) is 6.42. The van der Waals surface area contributed by atoms with Gasteiger partial charge < -0.3 is 5.32 Å². The fraction of sp³-hybridized carbons (Fsp3) is 0.217. The molecule has 0 aliphatic heterocycles. The molecule has 0 saturated carbocycles. The lowest BCUT2D eigenvalue weighted by Crippen LogP contribution is -2.21. The zero-order valence-corrected chi connectivity index (χ0v) is 18.5. The quantitative estimate of drug-likeness (QED) is 0.436. The van der Waals surface area contributed by atoms with Crippen LogP contribution in [0.1, 0.15) is 28.8 Å². The molecule has 0 spiro atoms. The number of thiazole rings is 1. The number of carbonyl (C=O) groups is 1. The van der Waals surface area contributed by atoms with E-state index in [-0.39, 0.29) is 17.9 Å². The summed E-state index contributed by atoms with van der Waals surface area (Å²) in [5.41, 5.74) is 2.66. The van der Waals surface area contributed by atoms with Crippen LogP contribution < -0.4 is 10.9 Å². The summed E-state index contributed by atoms with van der Waals surface area (Å²) < 4.78 is 1.54. The number of amides is 1. The lowest BCUT2D eigenvalue weighted by Gasteiger charge is -2.06. The number of benzene rings is 2. The van der Waals surface area contributed by atoms with E-state index in [4.69, 9.17) is 11.6 Å². The van der Waals surface area contributed by atoms with Gasteiger partial charge in [0.1, 0.15) is 0 Å². The molecule has 0 saturated heterocycles. The standard InChI is InChI=1S/C23H21ClN4O2S/c1-15-6-4-7-16(21(15)24)12-17-13-25-23(31-17)27-20(29)10-5-11-28-14-26-19-9-3-2-8-18(19)22(28)30/h2-4,6-9,13-14H,5,10-12H2,1H3,(H,25,27,29). The number of rotatable bonds is 7. The molecule has 31 heavy (non-hydrogen) atoms. The molecule has 0 aliphatic carbocycles. The highest BCUT2D eigenvalue weighted by Gasteiger charge is 2.10. The molecule has 0 unspecified atom stereocenters. The molecule has 2 aromatic carbocycles. The molecule has 6 nitrogen and oxygen atoms in total. The molecule has 0 fully saturated rings. The molecule has 158 valence electrons. The second-order valence-corrected chi connectivity index (χ2v) is 8.76. The minimum absolute atomic E-state index is 0.0922. The van der Waals surface area contributed by atoms with Crippen molar-refractivity contribution in [3.63, 3.8) is 0 Å². The Bertz CT molecular complexity index is 1300. The fourth-order valence-corrected chi connectivity index (χ4v) is 4.38. The smallest absolute Gasteiger partial charge is 0.261 e. The Morgan fingerprint density at radius 3 is 2.87 bits per heavy atom. The highest BCUT2D eigenvalue weighted by molar-refractivity contribution is 7.15. The molecule has 2 heterocycles. The fourth-order valence-electron chi connectivity index (χ4n) is 3.34. The summed E-state index contributed by atoms with van der Waals surface area (Å²) in [5.74, 6) is -0.128. The maximum atomic E-state index is 12.5. The SMILES string of the molecule is Cc1cccc(Cc2cnc(NC(=O)CCCn3cnc4ccccc4c3=O)s2)c1Cl. The molecule has 1 amide bonds. The second kappa shape index (κ2) is 9.41. The molecule has 0 radical (unpaired) electrons. The van der Waals surface area contributed by atoms with Crippen LogP contribution in [0.15, 0.2) is 59.8 Å². The van der Waals surface area contributed by atoms with Gasteiger partial charge in [0.25, 0.3) is 5.56 Å². The first-order valence-corrected chi connectivity index (χ1v) is 11.1. The van der Waals surface area contributed by atoms with Crippen molar-refractivity contribution in [3.8, 4) is 0 Å². The van der Waals surface area contributed by atoms with Gasteiger partial charge in [-0.25, -0.2) is 9.97 Å². The first-order chi connectivity index (χ1) is 15.0. The Morgan fingerprint density at radius 2 is 2.00 bits per heavy atom. The predicted octanol–water partition coefficient (Wildman–Crippen LogP) is 4.82. The summed E-state index contributed by atoms with van der Waals surface area (Å²) in [6.45, 7) is 2.41. The number of fused-ring (bicyclic) bond motifs is 1. The van der Waals surface area contributed by atoms with Gasteiger partial charge in [-0.1, -0.05) is 41.9 Å². The minimum atomic E-state index is -0.128. The van der Waals surface area contributed by atoms with Crippen LogP contribution in [0.2, 0.25) is 5.02 Å². The Kier molecular flexibility index (Phi) is 6.44. The van der Waals surface area contributed by atoms with Crippen LogP contribution in [0, 0.1) is 6.92 Å². The molecule has 0 aliphatic rings. The van der Waals surface area contributed by atoms with Crippen molar-refractivity contribution in [2.45, 2.75) is 32.7 Å². The number of carbonyl (C=O) groups excluding carboxylic acids is 1. The van der Waals surface area contributed by atoms with Crippen molar-refractivity contribution in [2.75, 3.05) is 5.32 Å². The van der Waals surface area contributed by atoms with Crippen LogP contribution in [0.5, 0.6) is 0 Å². The molecular weight excluding hydrogens is 432 g/mol. The summed E-state index contributed by atoms with van der Waals surface area (Å²) in [6, 6.07) is 13.2. The van der Waals surface area contributed by atoms with Crippen LogP contribution in [0.25, 0.3) is 10.9 Å². The second-order valence-electron chi connectivity index (χ2n) is 7.27. The number of hydrogen-bond donors (Lipinski definition) is 1. The minimum Gasteiger partial charge on any atom is -0.302 e. The normalized spacial score (nSPS) is 11.0. The first kappa shape index (κ1) is 21.2. The summed E-state index contributed by atoms with van der Waals surface area (Å²) in [7, 11) is 0. The average molecular weight is 453 g/mol. The zero-order valence-electron chi connectivity index (χ0n) is 17.0. The molecule has 0 atom stereocenters. The van der Waals surface area contributed by atoms with Crippen LogP contribution in [-0.4, -0.2) is 20.4 Å². The maximum Gasteiger partial charge on any atom is 0.261 e. The number of hydrogen-bond acceptors (Lipinski definition) is 5. The molecule has 0 bridgehead atoms. The number of aryl methyl sites for hydroxylation is 2. The van der Waals surface area contributed by atoms with Crippen molar-refractivity contribution in [2.24, 2.45) is 0 Å². The summed E-state index contributed by atoms with van der Waals surface area (Å²) in [4.78, 5) is 34.4. The third kappa shape index (κ3) is 5.00. The van der Waals surface area contributed by atoms with E-state index in [1.165, 1.54) is 17.7 Å². The predicted molar refractivity (Wildman–Crippen MR) is 125 cm³/mol. The molecular formula is C23H21ClN4O2S. The third-order valence-electron chi connectivity index (χ3n) is 4.97. The molecule has 8 heteroatoms. The van der Waals surface area contributed by atoms with Gasteiger partial charge in [-0.15, -0.1) is 11.3 Å². The van der Waals surface area contributed by atoms with E-state index < -0.39 is 0 Å². The zero-order chi connectivity index (χ0) is 21.8. The van der Waals surface area contributed by atoms with E-state index in [9.17, 15) is 9.59 Å². The highest BCUT2D eigenvalue weighted by Crippen LogP contribution is 2.26. The van der Waals surface area contributed by atoms with E-state index in [1.54, 1.807) is 16.8 Å². The van der Waals surface area contributed by atoms with Gasteiger partial charge >= 0.3 is 0 Å². The van der Waals surface area contributed by atoms with Crippen LogP contribution in [0.3, 0.4) is 0 Å². The Balaban J connectivity index is 1.31. The van der Waals surface area contributed by atoms with Crippen molar-refractivity contribution < 1.29 is 4.79 Å². The van der Waals surface area contributed by atoms with Gasteiger partial charge in [0.15, 0.2) is 5.13 Å². The van der Waals surface area contributed by atoms with Gasteiger partial charge in [0, 0.05) is 35.5 Å². The molecule has 1 N–H and O–H groups in total. The summed E-state index contributed by atoms with van der Waals surface area (Å²) in [6.07, 6.45) is 4.79. The van der Waals surface area contributed by atoms with Gasteiger partial charge in [0.2, 0.25) is 5.91 Å². The average Bonchev–Trinajstić information content (AvgIpc) is 3.20. The molecule has 2 aromatic heterocycles. The molecule has 4 rings (SSSR count). The Morgan fingerprint density at radius 1 is 1.16 bits per heavy atom.